The van der Waals surface area contributed by atoms with Crippen LogP contribution >= 0.6 is 23.1 Å². The number of hydrogen-bond acceptors (Lipinski definition) is 5. The molecule has 2 aromatic heterocycles. The van der Waals surface area contributed by atoms with Crippen molar-refractivity contribution in [1.82, 2.24) is 4.98 Å². The van der Waals surface area contributed by atoms with Crippen LogP contribution in [0.4, 0.5) is 0 Å². The van der Waals surface area contributed by atoms with Gasteiger partial charge >= 0.3 is 0 Å². The summed E-state index contributed by atoms with van der Waals surface area (Å²) in [6.07, 6.45) is 9.20. The maximum absolute atomic E-state index is 12.2. The minimum Gasteiger partial charge on any atom is -0.512 e. The van der Waals surface area contributed by atoms with E-state index in [1.807, 2.05) is 59.1 Å². The number of thioether (sulfide) groups is 1. The number of allylic oxidation sites excluding steroid dienone is 2. The third-order valence-corrected chi connectivity index (χ3v) is 14.0. The van der Waals surface area contributed by atoms with E-state index < -0.39 is 0 Å². The van der Waals surface area contributed by atoms with Gasteiger partial charge in [-0.3, -0.25) is 9.78 Å². The molecule has 1 atom stereocenters. The number of rotatable bonds is 10. The first-order valence-electron chi connectivity index (χ1n) is 19.0. The molecule has 0 saturated carbocycles. The van der Waals surface area contributed by atoms with Crippen molar-refractivity contribution in [2.24, 2.45) is 16.7 Å². The summed E-state index contributed by atoms with van der Waals surface area (Å²) in [5.41, 5.74) is 4.51. The van der Waals surface area contributed by atoms with Crippen molar-refractivity contribution >= 4 is 59.8 Å². The average molecular weight is 913 g/mol. The van der Waals surface area contributed by atoms with Gasteiger partial charge in [0.25, 0.3) is 0 Å². The standard InChI is InChI=1S/C31H30NS2.C15H28O2.Ir/c1-18(2)14-21-17-24-26(33-21)10-11-27-28(24)23-12-13-32-29(30(23)34-27)20-15-19-8-6-7-9-22(19)25(16-20)31(3,4)5;1-7-14(5,8-2)12(16)11-13(17)15(6,9-3)10-4;/h6-13,16,18,21H,14,17H2,1-5H3;11,16H,7-10H2,1-6H3;/q-1;;/b;12-11-;. The van der Waals surface area contributed by atoms with E-state index in [4.69, 9.17) is 4.98 Å². The van der Waals surface area contributed by atoms with Gasteiger partial charge in [0, 0.05) is 73.8 Å². The smallest absolute Gasteiger partial charge is 0.164 e. The number of aliphatic hydroxyl groups is 1. The predicted octanol–water partition coefficient (Wildman–Crippen LogP) is 14.1. The molecule has 1 aliphatic heterocycles. The summed E-state index contributed by atoms with van der Waals surface area (Å²) in [5, 5.41) is 16.1. The summed E-state index contributed by atoms with van der Waals surface area (Å²) in [6.45, 7) is 23.6. The fourth-order valence-electron chi connectivity index (χ4n) is 7.12. The maximum Gasteiger partial charge on any atom is 0.164 e. The van der Waals surface area contributed by atoms with Crippen LogP contribution in [-0.4, -0.2) is 21.1 Å². The van der Waals surface area contributed by atoms with E-state index in [1.54, 1.807) is 5.56 Å². The molecule has 3 heterocycles. The molecule has 0 fully saturated rings. The van der Waals surface area contributed by atoms with Gasteiger partial charge in [-0.2, -0.15) is 0 Å². The molecule has 0 saturated heterocycles. The Hall–Kier alpha value is -2.50. The monoisotopic (exact) mass is 913 g/mol. The second-order valence-corrected chi connectivity index (χ2v) is 18.8. The Kier molecular flexibility index (Phi) is 13.7. The van der Waals surface area contributed by atoms with Gasteiger partial charge in [0.05, 0.1) is 0 Å². The van der Waals surface area contributed by atoms with E-state index in [-0.39, 0.29) is 47.9 Å². The molecule has 1 unspecified atom stereocenters. The van der Waals surface area contributed by atoms with E-state index in [1.165, 1.54) is 60.3 Å². The van der Waals surface area contributed by atoms with Crippen LogP contribution in [0.1, 0.15) is 119 Å². The third kappa shape index (κ3) is 8.57. The van der Waals surface area contributed by atoms with Gasteiger partial charge in [-0.05, 0) is 79.0 Å². The molecule has 6 heteroatoms. The van der Waals surface area contributed by atoms with Gasteiger partial charge in [0.2, 0.25) is 0 Å². The van der Waals surface area contributed by atoms with Gasteiger partial charge < -0.3 is 5.11 Å². The molecule has 5 aromatic rings. The van der Waals surface area contributed by atoms with E-state index in [0.29, 0.717) is 5.25 Å². The molecular formula is C46H58IrNO2S2-. The van der Waals surface area contributed by atoms with E-state index >= 15 is 0 Å². The van der Waals surface area contributed by atoms with Crippen LogP contribution in [0.2, 0.25) is 0 Å². The second kappa shape index (κ2) is 16.9. The summed E-state index contributed by atoms with van der Waals surface area (Å²) < 4.78 is 2.67. The Balaban J connectivity index is 0.000000289. The Morgan fingerprint density at radius 1 is 0.942 bits per heavy atom. The Morgan fingerprint density at radius 3 is 2.21 bits per heavy atom. The number of thiophene rings is 1. The van der Waals surface area contributed by atoms with E-state index in [0.717, 1.165) is 42.9 Å². The van der Waals surface area contributed by atoms with Crippen molar-refractivity contribution in [3.8, 4) is 11.3 Å². The van der Waals surface area contributed by atoms with Crippen LogP contribution in [-0.2, 0) is 36.7 Å². The number of benzene rings is 3. The van der Waals surface area contributed by atoms with Gasteiger partial charge in [-0.1, -0.05) is 105 Å². The number of aliphatic hydroxyl groups excluding tert-OH is 1. The first-order valence-corrected chi connectivity index (χ1v) is 20.7. The van der Waals surface area contributed by atoms with Crippen LogP contribution in [0.15, 0.2) is 71.5 Å². The molecule has 6 rings (SSSR count). The predicted molar refractivity (Wildman–Crippen MR) is 224 cm³/mol. The molecule has 281 valence electrons. The number of pyridine rings is 1. The fourth-order valence-corrected chi connectivity index (χ4v) is 9.91. The molecule has 52 heavy (non-hydrogen) atoms. The quantitative estimate of drug-likeness (QED) is 0.0862. The number of fused-ring (bicyclic) bond motifs is 6. The molecular weight excluding hydrogens is 855 g/mol. The molecule has 0 aliphatic carbocycles. The summed E-state index contributed by atoms with van der Waals surface area (Å²) in [7, 11) is 0. The number of hydrogen-bond donors (Lipinski definition) is 1. The zero-order chi connectivity index (χ0) is 37.3. The number of nitrogens with zero attached hydrogens (tertiary/aromatic N) is 1. The molecule has 3 nitrogen and oxygen atoms in total. The van der Waals surface area contributed by atoms with Crippen LogP contribution in [0.5, 0.6) is 0 Å². The largest absolute Gasteiger partial charge is 0.512 e. The summed E-state index contributed by atoms with van der Waals surface area (Å²) >= 11 is 3.97. The zero-order valence-electron chi connectivity index (χ0n) is 33.1. The van der Waals surface area contributed by atoms with Gasteiger partial charge in [-0.25, -0.2) is 0 Å². The average Bonchev–Trinajstić information content (AvgIpc) is 3.70. The maximum atomic E-state index is 12.2. The topological polar surface area (TPSA) is 50.2 Å². The van der Waals surface area contributed by atoms with Crippen molar-refractivity contribution in [3.05, 3.63) is 83.8 Å². The first-order chi connectivity index (χ1) is 24.1. The molecule has 3 aromatic carbocycles. The molecule has 1 N–H and O–H groups in total. The first kappa shape index (κ1) is 42.2. The Morgan fingerprint density at radius 2 is 1.60 bits per heavy atom. The molecule has 0 bridgehead atoms. The SMILES string of the molecule is CC(C)CC1Cc2c(ccc3sc4c(-c5[c-]c6ccccc6c(C(C)(C)C)c5)nccc4c23)S1.CCC(C)(CC)C(=O)/C=C(\O)C(C)(CC)CC.[Ir]. The molecule has 1 aliphatic rings. The molecule has 0 spiro atoms. The van der Waals surface area contributed by atoms with Crippen LogP contribution < -0.4 is 0 Å². The van der Waals surface area contributed by atoms with Crippen LogP contribution in [0.3, 0.4) is 0 Å². The fraction of sp³-hybridized carbons (Fsp3) is 0.478. The van der Waals surface area contributed by atoms with Crippen LogP contribution in [0.25, 0.3) is 42.2 Å². The number of aromatic nitrogens is 1. The van der Waals surface area contributed by atoms with E-state index in [2.05, 4.69) is 101 Å². The van der Waals surface area contributed by atoms with Gasteiger partial charge in [0.1, 0.15) is 5.76 Å². The van der Waals surface area contributed by atoms with Crippen molar-refractivity contribution in [2.45, 2.75) is 130 Å². The van der Waals surface area contributed by atoms with Crippen molar-refractivity contribution in [3.63, 3.8) is 0 Å². The van der Waals surface area contributed by atoms with Gasteiger partial charge in [-0.15, -0.1) is 52.2 Å². The second-order valence-electron chi connectivity index (χ2n) is 16.4. The summed E-state index contributed by atoms with van der Waals surface area (Å²) in [6, 6.07) is 21.6. The number of carbonyl (C=O) groups excluding carboxylic acids is 1. The molecule has 0 amide bonds. The number of carbonyl (C=O) groups is 1. The minimum atomic E-state index is -0.337. The third-order valence-electron chi connectivity index (χ3n) is 11.5. The van der Waals surface area contributed by atoms with Crippen molar-refractivity contribution < 1.29 is 30.0 Å². The zero-order valence-corrected chi connectivity index (χ0v) is 37.2. The van der Waals surface area contributed by atoms with E-state index in [9.17, 15) is 9.90 Å². The summed E-state index contributed by atoms with van der Waals surface area (Å²) in [4.78, 5) is 18.6. The Bertz CT molecular complexity index is 2060. The molecule has 1 radical (unpaired) electrons. The van der Waals surface area contributed by atoms with Crippen molar-refractivity contribution in [2.75, 3.05) is 0 Å². The van der Waals surface area contributed by atoms with Crippen molar-refractivity contribution in [1.29, 1.82) is 0 Å². The van der Waals surface area contributed by atoms with Crippen LogP contribution in [0, 0.1) is 22.8 Å². The number of ketones is 1. The normalized spacial score (nSPS) is 15.2. The van der Waals surface area contributed by atoms with Gasteiger partial charge in [0.15, 0.2) is 5.78 Å². The Labute approximate surface area is 334 Å². The summed E-state index contributed by atoms with van der Waals surface area (Å²) in [5.74, 6) is 1.02. The minimum absolute atomic E-state index is 0.